The Kier molecular flexibility index (Phi) is 3.66. The Morgan fingerprint density at radius 2 is 1.45 bits per heavy atom. The molecule has 0 amide bonds. The largest absolute Gasteiger partial charge is 0.354 e. The lowest BCUT2D eigenvalue weighted by molar-refractivity contribution is 1.32. The van der Waals surface area contributed by atoms with Gasteiger partial charge in [-0.2, -0.15) is 0 Å². The second-order valence-electron chi connectivity index (χ2n) is 4.37. The first-order valence-electron chi connectivity index (χ1n) is 6.36. The van der Waals surface area contributed by atoms with Gasteiger partial charge in [0.2, 0.25) is 0 Å². The Balaban J connectivity index is 2.01. The van der Waals surface area contributed by atoms with Crippen LogP contribution in [0.4, 0.5) is 11.4 Å². The van der Waals surface area contributed by atoms with Gasteiger partial charge in [-0.1, -0.05) is 48.0 Å². The molecule has 0 fully saturated rings. The Morgan fingerprint density at radius 1 is 0.750 bits per heavy atom. The smallest absolute Gasteiger partial charge is 0.0722 e. The second-order valence-corrected chi connectivity index (χ2v) is 4.77. The average Bonchev–Trinajstić information content (AvgIpc) is 2.51. The number of nitrogens with one attached hydrogen (secondary N) is 1. The van der Waals surface area contributed by atoms with Crippen LogP contribution in [0.1, 0.15) is 0 Å². The molecule has 3 rings (SSSR count). The van der Waals surface area contributed by atoms with Gasteiger partial charge >= 0.3 is 0 Å². The lowest BCUT2D eigenvalue weighted by atomic mass is 10.1. The molecule has 0 aliphatic rings. The van der Waals surface area contributed by atoms with Gasteiger partial charge in [0.05, 0.1) is 16.4 Å². The highest BCUT2D eigenvalue weighted by atomic mass is 35.5. The van der Waals surface area contributed by atoms with E-state index in [-0.39, 0.29) is 0 Å². The van der Waals surface area contributed by atoms with Crippen LogP contribution in [0.2, 0.25) is 5.02 Å². The summed E-state index contributed by atoms with van der Waals surface area (Å²) in [6.45, 7) is 0. The maximum atomic E-state index is 6.19. The van der Waals surface area contributed by atoms with Crippen LogP contribution in [-0.4, -0.2) is 4.98 Å². The summed E-state index contributed by atoms with van der Waals surface area (Å²) in [6, 6.07) is 21.6. The van der Waals surface area contributed by atoms with Gasteiger partial charge < -0.3 is 5.32 Å². The minimum Gasteiger partial charge on any atom is -0.354 e. The number of rotatable bonds is 3. The molecule has 0 saturated carbocycles. The van der Waals surface area contributed by atoms with Gasteiger partial charge in [-0.05, 0) is 30.3 Å². The molecule has 1 N–H and O–H groups in total. The average molecular weight is 281 g/mol. The van der Waals surface area contributed by atoms with E-state index in [0.717, 1.165) is 22.6 Å². The van der Waals surface area contributed by atoms with Crippen LogP contribution in [0, 0.1) is 0 Å². The van der Waals surface area contributed by atoms with E-state index in [4.69, 9.17) is 11.6 Å². The zero-order valence-corrected chi connectivity index (χ0v) is 11.5. The molecule has 0 unspecified atom stereocenters. The summed E-state index contributed by atoms with van der Waals surface area (Å²) in [7, 11) is 0. The summed E-state index contributed by atoms with van der Waals surface area (Å²) in [5.41, 5.74) is 3.85. The van der Waals surface area contributed by atoms with E-state index in [0.29, 0.717) is 5.02 Å². The molecule has 3 heteroatoms. The van der Waals surface area contributed by atoms with Gasteiger partial charge in [-0.3, -0.25) is 4.98 Å². The monoisotopic (exact) mass is 280 g/mol. The highest BCUT2D eigenvalue weighted by Gasteiger charge is 2.06. The highest BCUT2D eigenvalue weighted by Crippen LogP contribution is 2.31. The third-order valence-corrected chi connectivity index (χ3v) is 3.34. The highest BCUT2D eigenvalue weighted by molar-refractivity contribution is 6.33. The minimum atomic E-state index is 0.698. The number of hydrogen-bond donors (Lipinski definition) is 1. The molecule has 0 spiro atoms. The van der Waals surface area contributed by atoms with E-state index in [1.165, 1.54) is 0 Å². The van der Waals surface area contributed by atoms with E-state index in [2.05, 4.69) is 10.3 Å². The third kappa shape index (κ3) is 2.65. The summed E-state index contributed by atoms with van der Waals surface area (Å²) < 4.78 is 0. The van der Waals surface area contributed by atoms with Crippen molar-refractivity contribution in [3.63, 3.8) is 0 Å². The number of para-hydroxylation sites is 2. The lowest BCUT2D eigenvalue weighted by Crippen LogP contribution is -1.94. The molecule has 0 radical (unpaired) electrons. The number of hydrogen-bond acceptors (Lipinski definition) is 2. The Morgan fingerprint density at radius 3 is 2.20 bits per heavy atom. The van der Waals surface area contributed by atoms with Crippen molar-refractivity contribution in [2.45, 2.75) is 0 Å². The number of halogens is 1. The SMILES string of the molecule is Clc1ccccc1Nc1ccccc1-c1ccccn1. The van der Waals surface area contributed by atoms with E-state index in [1.54, 1.807) is 6.20 Å². The van der Waals surface area contributed by atoms with Gasteiger partial charge in [0.1, 0.15) is 0 Å². The molecule has 0 atom stereocenters. The fraction of sp³-hybridized carbons (Fsp3) is 0. The van der Waals surface area contributed by atoms with Crippen molar-refractivity contribution in [1.82, 2.24) is 4.98 Å². The van der Waals surface area contributed by atoms with E-state index >= 15 is 0 Å². The third-order valence-electron chi connectivity index (χ3n) is 3.01. The predicted molar refractivity (Wildman–Crippen MR) is 84.4 cm³/mol. The quantitative estimate of drug-likeness (QED) is 0.718. The summed E-state index contributed by atoms with van der Waals surface area (Å²) >= 11 is 6.19. The number of anilines is 2. The normalized spacial score (nSPS) is 10.2. The van der Waals surface area contributed by atoms with Crippen LogP contribution in [0.5, 0.6) is 0 Å². The van der Waals surface area contributed by atoms with Crippen LogP contribution in [0.3, 0.4) is 0 Å². The summed E-state index contributed by atoms with van der Waals surface area (Å²) in [5.74, 6) is 0. The first-order chi connectivity index (χ1) is 9.84. The zero-order valence-electron chi connectivity index (χ0n) is 10.8. The first kappa shape index (κ1) is 12.7. The number of nitrogens with zero attached hydrogens (tertiary/aromatic N) is 1. The lowest BCUT2D eigenvalue weighted by Gasteiger charge is -2.12. The van der Waals surface area contributed by atoms with Gasteiger partial charge in [-0.25, -0.2) is 0 Å². The fourth-order valence-electron chi connectivity index (χ4n) is 2.05. The maximum absolute atomic E-state index is 6.19. The number of pyridine rings is 1. The molecule has 98 valence electrons. The van der Waals surface area contributed by atoms with E-state index in [1.807, 2.05) is 66.7 Å². The Labute approximate surface area is 123 Å². The summed E-state index contributed by atoms with van der Waals surface area (Å²) in [4.78, 5) is 4.40. The first-order valence-corrected chi connectivity index (χ1v) is 6.74. The molecule has 0 aliphatic carbocycles. The molecule has 0 bridgehead atoms. The van der Waals surface area contributed by atoms with Crippen molar-refractivity contribution in [3.8, 4) is 11.3 Å². The van der Waals surface area contributed by atoms with Crippen LogP contribution in [0.15, 0.2) is 72.9 Å². The van der Waals surface area contributed by atoms with Crippen LogP contribution in [0.25, 0.3) is 11.3 Å². The molecule has 2 nitrogen and oxygen atoms in total. The molecule has 2 aromatic carbocycles. The van der Waals surface area contributed by atoms with Crippen LogP contribution in [-0.2, 0) is 0 Å². The molecule has 20 heavy (non-hydrogen) atoms. The molecule has 3 aromatic rings. The van der Waals surface area contributed by atoms with Gasteiger partial charge in [-0.15, -0.1) is 0 Å². The fourth-order valence-corrected chi connectivity index (χ4v) is 2.23. The molecule has 0 saturated heterocycles. The van der Waals surface area contributed by atoms with Gasteiger partial charge in [0, 0.05) is 17.4 Å². The molecular formula is C17H13ClN2. The van der Waals surface area contributed by atoms with Crippen molar-refractivity contribution in [2.75, 3.05) is 5.32 Å². The van der Waals surface area contributed by atoms with E-state index < -0.39 is 0 Å². The molecular weight excluding hydrogens is 268 g/mol. The number of aromatic nitrogens is 1. The van der Waals surface area contributed by atoms with Crippen molar-refractivity contribution < 1.29 is 0 Å². The standard InChI is InChI=1S/C17H13ClN2/c18-14-8-2-4-11-17(14)20-16-10-3-1-7-13(16)15-9-5-6-12-19-15/h1-12,20H. The zero-order chi connectivity index (χ0) is 13.8. The second kappa shape index (κ2) is 5.76. The van der Waals surface area contributed by atoms with Crippen molar-refractivity contribution in [2.24, 2.45) is 0 Å². The van der Waals surface area contributed by atoms with Crippen LogP contribution >= 0.6 is 11.6 Å². The van der Waals surface area contributed by atoms with Crippen molar-refractivity contribution in [3.05, 3.63) is 77.9 Å². The summed E-state index contributed by atoms with van der Waals surface area (Å²) in [5, 5.41) is 4.06. The van der Waals surface area contributed by atoms with Crippen molar-refractivity contribution in [1.29, 1.82) is 0 Å². The predicted octanol–water partition coefficient (Wildman–Crippen LogP) is 5.15. The molecule has 1 heterocycles. The van der Waals surface area contributed by atoms with Crippen molar-refractivity contribution >= 4 is 23.0 Å². The van der Waals surface area contributed by atoms with Gasteiger partial charge in [0.25, 0.3) is 0 Å². The molecule has 1 aromatic heterocycles. The minimum absolute atomic E-state index is 0.698. The maximum Gasteiger partial charge on any atom is 0.0722 e. The van der Waals surface area contributed by atoms with Gasteiger partial charge in [0.15, 0.2) is 0 Å². The topological polar surface area (TPSA) is 24.9 Å². The Hall–Kier alpha value is -2.32. The summed E-state index contributed by atoms with van der Waals surface area (Å²) in [6.07, 6.45) is 1.79. The van der Waals surface area contributed by atoms with E-state index in [9.17, 15) is 0 Å². The number of benzene rings is 2. The molecule has 0 aliphatic heterocycles. The Bertz CT molecular complexity index is 711. The van der Waals surface area contributed by atoms with Crippen LogP contribution < -0.4 is 5.32 Å².